The van der Waals surface area contributed by atoms with Crippen molar-refractivity contribution in [2.75, 3.05) is 0 Å². The number of carbonyl (C=O) groups is 1. The molecule has 3 aromatic rings. The molecule has 1 aliphatic rings. The van der Waals surface area contributed by atoms with E-state index in [4.69, 9.17) is 11.6 Å². The topological polar surface area (TPSA) is 45.6 Å². The first-order valence-corrected chi connectivity index (χ1v) is 9.87. The Balaban J connectivity index is 1.77. The number of benzene rings is 2. The van der Waals surface area contributed by atoms with Crippen LogP contribution in [0.5, 0.6) is 0 Å². The highest BCUT2D eigenvalue weighted by atomic mass is 35.5. The molecule has 4 nitrogen and oxygen atoms in total. The molecule has 0 radical (unpaired) electrons. The molecule has 1 amide bonds. The molecule has 0 bridgehead atoms. The van der Waals surface area contributed by atoms with Crippen molar-refractivity contribution >= 4 is 34.1 Å². The summed E-state index contributed by atoms with van der Waals surface area (Å²) in [5.41, 5.74) is 5.97. The molecule has 0 aliphatic carbocycles. The van der Waals surface area contributed by atoms with E-state index in [2.05, 4.69) is 54.3 Å². The molecule has 2 aromatic carbocycles. The van der Waals surface area contributed by atoms with Crippen LogP contribution in [0.1, 0.15) is 48.1 Å². The average molecular weight is 392 g/mol. The lowest BCUT2D eigenvalue weighted by Crippen LogP contribution is -2.26. The SMILES string of the molecule is CCC(=O)N1N=C(c2ccc(C)cc2)CC1c1cc2cc(C)ccc2nc1Cl. The number of aryl methyl sites for hydroxylation is 2. The van der Waals surface area contributed by atoms with E-state index in [-0.39, 0.29) is 11.9 Å². The molecule has 0 saturated carbocycles. The van der Waals surface area contributed by atoms with Gasteiger partial charge in [0.1, 0.15) is 5.15 Å². The van der Waals surface area contributed by atoms with Crippen molar-refractivity contribution in [2.24, 2.45) is 5.10 Å². The monoisotopic (exact) mass is 391 g/mol. The maximum Gasteiger partial charge on any atom is 0.242 e. The fourth-order valence-corrected chi connectivity index (χ4v) is 3.86. The quantitative estimate of drug-likeness (QED) is 0.546. The molecule has 1 unspecified atom stereocenters. The number of halogens is 1. The number of amides is 1. The van der Waals surface area contributed by atoms with Gasteiger partial charge in [-0.15, -0.1) is 0 Å². The van der Waals surface area contributed by atoms with E-state index < -0.39 is 0 Å². The van der Waals surface area contributed by atoms with Crippen LogP contribution < -0.4 is 0 Å². The average Bonchev–Trinajstić information content (AvgIpc) is 3.13. The number of rotatable bonds is 3. The molecule has 28 heavy (non-hydrogen) atoms. The summed E-state index contributed by atoms with van der Waals surface area (Å²) in [6.07, 6.45) is 1.01. The number of hydrogen-bond acceptors (Lipinski definition) is 3. The van der Waals surface area contributed by atoms with Crippen LogP contribution in [0.25, 0.3) is 10.9 Å². The second kappa shape index (κ2) is 7.36. The first kappa shape index (κ1) is 18.6. The third-order valence-corrected chi connectivity index (χ3v) is 5.47. The standard InChI is InChI=1S/C23H22ClN3O/c1-4-22(28)27-21(13-20(26-27)16-8-5-14(2)6-9-16)18-12-17-11-15(3)7-10-19(17)25-23(18)24/h5-12,21H,4,13H2,1-3H3. The normalized spacial score (nSPS) is 16.5. The van der Waals surface area contributed by atoms with Gasteiger partial charge >= 0.3 is 0 Å². The lowest BCUT2D eigenvalue weighted by molar-refractivity contribution is -0.132. The zero-order valence-electron chi connectivity index (χ0n) is 16.2. The molecular weight excluding hydrogens is 370 g/mol. The highest BCUT2D eigenvalue weighted by molar-refractivity contribution is 6.30. The number of fused-ring (bicyclic) bond motifs is 1. The molecule has 1 atom stereocenters. The van der Waals surface area contributed by atoms with Gasteiger partial charge in [-0.05, 0) is 37.6 Å². The zero-order valence-corrected chi connectivity index (χ0v) is 17.0. The molecule has 5 heteroatoms. The van der Waals surface area contributed by atoms with Gasteiger partial charge in [0.25, 0.3) is 0 Å². The van der Waals surface area contributed by atoms with Crippen LogP contribution in [0.15, 0.2) is 53.6 Å². The van der Waals surface area contributed by atoms with Crippen molar-refractivity contribution in [1.29, 1.82) is 0 Å². The van der Waals surface area contributed by atoms with E-state index >= 15 is 0 Å². The number of hydrogen-bond donors (Lipinski definition) is 0. The van der Waals surface area contributed by atoms with E-state index in [9.17, 15) is 4.79 Å². The number of carbonyl (C=O) groups excluding carboxylic acids is 1. The summed E-state index contributed by atoms with van der Waals surface area (Å²) in [5, 5.41) is 7.70. The molecule has 0 saturated heterocycles. The van der Waals surface area contributed by atoms with Gasteiger partial charge in [-0.25, -0.2) is 9.99 Å². The third-order valence-electron chi connectivity index (χ3n) is 5.16. The summed E-state index contributed by atoms with van der Waals surface area (Å²) >= 11 is 6.55. The van der Waals surface area contributed by atoms with Gasteiger partial charge in [0.15, 0.2) is 0 Å². The Morgan fingerprint density at radius 3 is 2.54 bits per heavy atom. The van der Waals surface area contributed by atoms with Crippen LogP contribution >= 0.6 is 11.6 Å². The molecule has 142 valence electrons. The van der Waals surface area contributed by atoms with Gasteiger partial charge < -0.3 is 0 Å². The van der Waals surface area contributed by atoms with Crippen LogP contribution in [0.3, 0.4) is 0 Å². The van der Waals surface area contributed by atoms with Gasteiger partial charge in [0.2, 0.25) is 5.91 Å². The Kier molecular flexibility index (Phi) is 4.90. The van der Waals surface area contributed by atoms with Crippen molar-refractivity contribution < 1.29 is 4.79 Å². The maximum absolute atomic E-state index is 12.6. The molecule has 1 aromatic heterocycles. The lowest BCUT2D eigenvalue weighted by atomic mass is 9.97. The number of hydrazone groups is 1. The first-order valence-electron chi connectivity index (χ1n) is 9.49. The van der Waals surface area contributed by atoms with Crippen molar-refractivity contribution in [2.45, 2.75) is 39.7 Å². The minimum absolute atomic E-state index is 0.0208. The Labute approximate surface area is 169 Å². The predicted octanol–water partition coefficient (Wildman–Crippen LogP) is 5.59. The number of pyridine rings is 1. The number of nitrogens with zero attached hydrogens (tertiary/aromatic N) is 3. The van der Waals surface area contributed by atoms with Gasteiger partial charge in [-0.1, -0.05) is 60.0 Å². The van der Waals surface area contributed by atoms with Crippen LogP contribution in [-0.4, -0.2) is 21.6 Å². The minimum Gasteiger partial charge on any atom is -0.273 e. The summed E-state index contributed by atoms with van der Waals surface area (Å²) in [7, 11) is 0. The van der Waals surface area contributed by atoms with Gasteiger partial charge in [0.05, 0.1) is 17.3 Å². The van der Waals surface area contributed by atoms with E-state index in [0.29, 0.717) is 18.0 Å². The first-order chi connectivity index (χ1) is 13.5. The number of aromatic nitrogens is 1. The third kappa shape index (κ3) is 3.40. The van der Waals surface area contributed by atoms with E-state index in [1.54, 1.807) is 5.01 Å². The van der Waals surface area contributed by atoms with Crippen molar-refractivity contribution in [3.05, 3.63) is 75.9 Å². The smallest absolute Gasteiger partial charge is 0.242 e. The highest BCUT2D eigenvalue weighted by Crippen LogP contribution is 2.37. The maximum atomic E-state index is 12.6. The molecule has 2 heterocycles. The summed E-state index contributed by atoms with van der Waals surface area (Å²) in [6, 6.07) is 16.1. The summed E-state index contributed by atoms with van der Waals surface area (Å²) < 4.78 is 0. The van der Waals surface area contributed by atoms with Gasteiger partial charge in [-0.3, -0.25) is 4.79 Å². The van der Waals surface area contributed by atoms with E-state index in [1.807, 2.05) is 25.1 Å². The summed E-state index contributed by atoms with van der Waals surface area (Å²) in [4.78, 5) is 17.2. The van der Waals surface area contributed by atoms with Gasteiger partial charge in [-0.2, -0.15) is 5.10 Å². The molecule has 0 N–H and O–H groups in total. The van der Waals surface area contributed by atoms with Crippen LogP contribution in [0, 0.1) is 13.8 Å². The van der Waals surface area contributed by atoms with Crippen molar-refractivity contribution in [3.8, 4) is 0 Å². The van der Waals surface area contributed by atoms with Crippen LogP contribution in [0.2, 0.25) is 5.15 Å². The largest absolute Gasteiger partial charge is 0.273 e. The molecule has 0 fully saturated rings. The Hall–Kier alpha value is -2.72. The zero-order chi connectivity index (χ0) is 19.8. The van der Waals surface area contributed by atoms with E-state index in [0.717, 1.165) is 33.3 Å². The fourth-order valence-electron chi connectivity index (χ4n) is 3.59. The Bertz CT molecular complexity index is 1090. The highest BCUT2D eigenvalue weighted by Gasteiger charge is 2.34. The van der Waals surface area contributed by atoms with Crippen LogP contribution in [-0.2, 0) is 4.79 Å². The Morgan fingerprint density at radius 2 is 1.82 bits per heavy atom. The second-order valence-electron chi connectivity index (χ2n) is 7.29. The summed E-state index contributed by atoms with van der Waals surface area (Å²) in [5.74, 6) is -0.0208. The summed E-state index contributed by atoms with van der Waals surface area (Å²) in [6.45, 7) is 5.95. The molecule has 1 aliphatic heterocycles. The van der Waals surface area contributed by atoms with Crippen LogP contribution in [0.4, 0.5) is 0 Å². The molecule has 0 spiro atoms. The lowest BCUT2D eigenvalue weighted by Gasteiger charge is -2.22. The Morgan fingerprint density at radius 1 is 1.11 bits per heavy atom. The minimum atomic E-state index is -0.242. The predicted molar refractivity (Wildman–Crippen MR) is 114 cm³/mol. The molecular formula is C23H22ClN3O. The molecule has 4 rings (SSSR count). The second-order valence-corrected chi connectivity index (χ2v) is 7.65. The van der Waals surface area contributed by atoms with Crippen molar-refractivity contribution in [1.82, 2.24) is 9.99 Å². The van der Waals surface area contributed by atoms with Crippen molar-refractivity contribution in [3.63, 3.8) is 0 Å². The van der Waals surface area contributed by atoms with Gasteiger partial charge in [0, 0.05) is 23.8 Å². The van der Waals surface area contributed by atoms with E-state index in [1.165, 1.54) is 5.56 Å². The fraction of sp³-hybridized carbons (Fsp3) is 0.261.